The second kappa shape index (κ2) is 4.94. The molecule has 1 saturated carbocycles. The third-order valence-electron chi connectivity index (χ3n) is 2.81. The van der Waals surface area contributed by atoms with Crippen molar-refractivity contribution >= 4 is 15.9 Å². The Balaban J connectivity index is 2.79. The average Bonchev–Trinajstić information content (AvgIpc) is 2.17. The summed E-state index contributed by atoms with van der Waals surface area (Å²) in [7, 11) is -3.60. The van der Waals surface area contributed by atoms with Gasteiger partial charge < -0.3 is 5.32 Å². The van der Waals surface area contributed by atoms with Gasteiger partial charge >= 0.3 is 0 Å². The summed E-state index contributed by atoms with van der Waals surface area (Å²) < 4.78 is 22.6. The van der Waals surface area contributed by atoms with Gasteiger partial charge in [0.25, 0.3) is 0 Å². The zero-order valence-electron chi connectivity index (χ0n) is 8.90. The number of primary sulfonamides is 1. The van der Waals surface area contributed by atoms with Gasteiger partial charge in [-0.25, -0.2) is 13.6 Å². The highest BCUT2D eigenvalue weighted by Crippen LogP contribution is 2.28. The summed E-state index contributed by atoms with van der Waals surface area (Å²) in [6.07, 6.45) is 2.85. The molecule has 6 heteroatoms. The Bertz CT molecular complexity index is 326. The van der Waals surface area contributed by atoms with E-state index in [1.165, 1.54) is 0 Å². The first kappa shape index (κ1) is 12.4. The lowest BCUT2D eigenvalue weighted by molar-refractivity contribution is -0.125. The molecule has 3 N–H and O–H groups in total. The molecular weight excluding hydrogens is 216 g/mol. The number of carbonyl (C=O) groups excluding carboxylic acids is 1. The Morgan fingerprint density at radius 3 is 2.53 bits per heavy atom. The van der Waals surface area contributed by atoms with Crippen molar-refractivity contribution in [2.24, 2.45) is 11.1 Å². The number of nitrogens with one attached hydrogen (secondary N) is 1. The van der Waals surface area contributed by atoms with Crippen LogP contribution in [0.3, 0.4) is 0 Å². The minimum Gasteiger partial charge on any atom is -0.356 e. The van der Waals surface area contributed by atoms with E-state index in [0.717, 1.165) is 12.8 Å². The predicted molar refractivity (Wildman–Crippen MR) is 57.5 cm³/mol. The normalized spacial score (nSPS) is 27.3. The maximum Gasteiger partial charge on any atom is 0.224 e. The predicted octanol–water partition coefficient (Wildman–Crippen LogP) is -0.0302. The third-order valence-corrected chi connectivity index (χ3v) is 4.22. The van der Waals surface area contributed by atoms with E-state index in [4.69, 9.17) is 5.14 Å². The van der Waals surface area contributed by atoms with Crippen molar-refractivity contribution < 1.29 is 13.2 Å². The minimum atomic E-state index is -3.60. The van der Waals surface area contributed by atoms with Crippen LogP contribution in [0.5, 0.6) is 0 Å². The third kappa shape index (κ3) is 3.17. The molecule has 1 aliphatic carbocycles. The van der Waals surface area contributed by atoms with E-state index in [-0.39, 0.29) is 5.91 Å². The molecule has 5 nitrogen and oxygen atoms in total. The number of nitrogens with two attached hydrogens (primary N) is 1. The molecule has 0 unspecified atom stereocenters. The Kier molecular flexibility index (Phi) is 4.10. The number of amides is 1. The number of hydrogen-bond acceptors (Lipinski definition) is 3. The number of sulfonamides is 1. The molecule has 0 aromatic heterocycles. The van der Waals surface area contributed by atoms with E-state index >= 15 is 0 Å². The van der Waals surface area contributed by atoms with Gasteiger partial charge in [0.1, 0.15) is 0 Å². The van der Waals surface area contributed by atoms with Gasteiger partial charge in [0.05, 0.1) is 11.2 Å². The Hall–Kier alpha value is -0.620. The van der Waals surface area contributed by atoms with Crippen LogP contribution in [-0.2, 0) is 14.8 Å². The van der Waals surface area contributed by atoms with Crippen LogP contribution in [-0.4, -0.2) is 26.1 Å². The van der Waals surface area contributed by atoms with Crippen molar-refractivity contribution in [1.82, 2.24) is 5.32 Å². The van der Waals surface area contributed by atoms with Crippen molar-refractivity contribution in [3.8, 4) is 0 Å². The first-order valence-electron chi connectivity index (χ1n) is 5.26. The topological polar surface area (TPSA) is 89.3 Å². The summed E-state index contributed by atoms with van der Waals surface area (Å²) in [6.45, 7) is 2.33. The van der Waals surface area contributed by atoms with Gasteiger partial charge in [0, 0.05) is 6.54 Å². The molecule has 1 fully saturated rings. The smallest absolute Gasteiger partial charge is 0.224 e. The van der Waals surface area contributed by atoms with Crippen molar-refractivity contribution in [2.75, 3.05) is 6.54 Å². The molecule has 0 aromatic rings. The molecule has 1 aliphatic rings. The van der Waals surface area contributed by atoms with Crippen molar-refractivity contribution in [1.29, 1.82) is 0 Å². The highest BCUT2D eigenvalue weighted by molar-refractivity contribution is 7.89. The van der Waals surface area contributed by atoms with Gasteiger partial charge in [-0.1, -0.05) is 12.8 Å². The maximum atomic E-state index is 11.6. The van der Waals surface area contributed by atoms with Crippen LogP contribution in [0.2, 0.25) is 0 Å². The summed E-state index contributed by atoms with van der Waals surface area (Å²) in [4.78, 5) is 11.6. The molecule has 0 heterocycles. The zero-order chi connectivity index (χ0) is 11.5. The summed E-state index contributed by atoms with van der Waals surface area (Å²) in [5.74, 6) is -0.648. The van der Waals surface area contributed by atoms with Crippen LogP contribution < -0.4 is 10.5 Å². The Morgan fingerprint density at radius 2 is 2.00 bits per heavy atom. The van der Waals surface area contributed by atoms with E-state index in [1.54, 1.807) is 0 Å². The molecule has 1 rings (SSSR count). The van der Waals surface area contributed by atoms with Crippen molar-refractivity contribution in [3.63, 3.8) is 0 Å². The van der Waals surface area contributed by atoms with Crippen LogP contribution in [0.1, 0.15) is 32.6 Å². The molecule has 0 aromatic carbocycles. The van der Waals surface area contributed by atoms with Gasteiger partial charge in [-0.15, -0.1) is 0 Å². The molecular formula is C9H18N2O3S. The van der Waals surface area contributed by atoms with E-state index in [9.17, 15) is 13.2 Å². The van der Waals surface area contributed by atoms with E-state index in [0.29, 0.717) is 19.4 Å². The number of carbonyl (C=O) groups is 1. The van der Waals surface area contributed by atoms with E-state index in [2.05, 4.69) is 5.32 Å². The van der Waals surface area contributed by atoms with Crippen LogP contribution in [0.25, 0.3) is 0 Å². The molecule has 0 saturated heterocycles. The SMILES string of the molecule is CCNC(=O)[C@@H]1CCCC[C@@H]1S(N)(=O)=O. The molecule has 88 valence electrons. The van der Waals surface area contributed by atoms with Gasteiger partial charge in [-0.3, -0.25) is 4.79 Å². The quantitative estimate of drug-likeness (QED) is 0.718. The summed E-state index contributed by atoms with van der Waals surface area (Å²) in [6, 6.07) is 0. The van der Waals surface area contributed by atoms with Gasteiger partial charge in [-0.05, 0) is 19.8 Å². The van der Waals surface area contributed by atoms with Crippen LogP contribution in [0.15, 0.2) is 0 Å². The van der Waals surface area contributed by atoms with E-state index < -0.39 is 21.2 Å². The Labute approximate surface area is 90.5 Å². The number of hydrogen-bond donors (Lipinski definition) is 2. The minimum absolute atomic E-state index is 0.184. The molecule has 0 radical (unpaired) electrons. The van der Waals surface area contributed by atoms with Crippen LogP contribution in [0.4, 0.5) is 0 Å². The fourth-order valence-corrected chi connectivity index (χ4v) is 3.31. The molecule has 2 atom stereocenters. The fourth-order valence-electron chi connectivity index (χ4n) is 2.10. The van der Waals surface area contributed by atoms with E-state index in [1.807, 2.05) is 6.92 Å². The lowest BCUT2D eigenvalue weighted by Gasteiger charge is -2.28. The lowest BCUT2D eigenvalue weighted by atomic mass is 9.88. The highest BCUT2D eigenvalue weighted by atomic mass is 32.2. The van der Waals surface area contributed by atoms with Crippen molar-refractivity contribution in [3.05, 3.63) is 0 Å². The second-order valence-corrected chi connectivity index (χ2v) is 5.70. The highest BCUT2D eigenvalue weighted by Gasteiger charge is 2.37. The van der Waals surface area contributed by atoms with Gasteiger partial charge in [0.15, 0.2) is 0 Å². The maximum absolute atomic E-state index is 11.6. The van der Waals surface area contributed by atoms with Crippen LogP contribution in [0, 0.1) is 5.92 Å². The summed E-state index contributed by atoms with van der Waals surface area (Å²) in [5.41, 5.74) is 0. The molecule has 0 aliphatic heterocycles. The summed E-state index contributed by atoms with van der Waals surface area (Å²) >= 11 is 0. The van der Waals surface area contributed by atoms with Crippen LogP contribution >= 0.6 is 0 Å². The monoisotopic (exact) mass is 234 g/mol. The molecule has 0 bridgehead atoms. The fraction of sp³-hybridized carbons (Fsp3) is 0.889. The standard InChI is InChI=1S/C9H18N2O3S/c1-2-11-9(12)7-5-3-4-6-8(7)15(10,13)14/h7-8H,2-6H2,1H3,(H,11,12)(H2,10,13,14)/t7-,8+/m1/s1. The zero-order valence-corrected chi connectivity index (χ0v) is 9.72. The second-order valence-electron chi connectivity index (χ2n) is 3.91. The van der Waals surface area contributed by atoms with Gasteiger partial charge in [-0.2, -0.15) is 0 Å². The summed E-state index contributed by atoms with van der Waals surface area (Å²) in [5, 5.41) is 7.09. The molecule has 0 spiro atoms. The largest absolute Gasteiger partial charge is 0.356 e. The lowest BCUT2D eigenvalue weighted by Crippen LogP contribution is -2.45. The molecule has 1 amide bonds. The first-order chi connectivity index (χ1) is 6.96. The van der Waals surface area contributed by atoms with Gasteiger partial charge in [0.2, 0.25) is 15.9 Å². The molecule has 15 heavy (non-hydrogen) atoms. The average molecular weight is 234 g/mol. The first-order valence-corrected chi connectivity index (χ1v) is 6.87. The van der Waals surface area contributed by atoms with Crippen molar-refractivity contribution in [2.45, 2.75) is 37.9 Å². The Morgan fingerprint density at radius 1 is 1.40 bits per heavy atom. The number of rotatable bonds is 3.